The number of carbonyl (C=O) groups excluding carboxylic acids is 1. The molecular formula is C12H13Cl2NO5. The Kier molecular flexibility index (Phi) is 6.54. The van der Waals surface area contributed by atoms with Crippen LogP contribution in [-0.4, -0.2) is 24.1 Å². The zero-order valence-corrected chi connectivity index (χ0v) is 12.2. The van der Waals surface area contributed by atoms with Crippen LogP contribution in [0.5, 0.6) is 5.75 Å². The molecule has 0 spiro atoms. The molecule has 0 atom stereocenters. The van der Waals surface area contributed by atoms with Gasteiger partial charge in [-0.05, 0) is 6.42 Å². The highest BCUT2D eigenvalue weighted by Gasteiger charge is 2.17. The third-order valence-corrected chi connectivity index (χ3v) is 2.85. The zero-order valence-electron chi connectivity index (χ0n) is 10.7. The van der Waals surface area contributed by atoms with Gasteiger partial charge in [0.1, 0.15) is 0 Å². The minimum atomic E-state index is -0.624. The number of hydrogen-bond donors (Lipinski definition) is 0. The number of benzene rings is 1. The topological polar surface area (TPSA) is 78.7 Å². The molecule has 20 heavy (non-hydrogen) atoms. The quantitative estimate of drug-likeness (QED) is 0.331. The Bertz CT molecular complexity index is 484. The van der Waals surface area contributed by atoms with Crippen molar-refractivity contribution in [3.05, 3.63) is 32.3 Å². The van der Waals surface area contributed by atoms with Crippen LogP contribution in [0.1, 0.15) is 19.8 Å². The molecule has 0 bridgehead atoms. The molecule has 6 nitrogen and oxygen atoms in total. The highest BCUT2D eigenvalue weighted by Crippen LogP contribution is 2.36. The van der Waals surface area contributed by atoms with E-state index in [1.54, 1.807) is 0 Å². The number of halogens is 2. The Balaban J connectivity index is 2.64. The summed E-state index contributed by atoms with van der Waals surface area (Å²) in [6.45, 7) is 1.93. The second-order valence-corrected chi connectivity index (χ2v) is 4.67. The largest absolute Gasteiger partial charge is 0.479 e. The van der Waals surface area contributed by atoms with E-state index >= 15 is 0 Å². The number of esters is 1. The van der Waals surface area contributed by atoms with Gasteiger partial charge >= 0.3 is 5.97 Å². The molecule has 8 heteroatoms. The van der Waals surface area contributed by atoms with Gasteiger partial charge in [-0.25, -0.2) is 4.79 Å². The fourth-order valence-electron chi connectivity index (χ4n) is 1.29. The maximum absolute atomic E-state index is 11.3. The van der Waals surface area contributed by atoms with Crippen molar-refractivity contribution >= 4 is 34.9 Å². The standard InChI is InChI=1S/C12H13Cl2NO5/c1-2-3-4-19-11(16)7-20-12-9(13)5-8(15(17)18)6-10(12)14/h5-6H,2-4,7H2,1H3. The second kappa shape index (κ2) is 7.91. The number of nitro groups is 1. The molecule has 0 aliphatic carbocycles. The molecule has 0 unspecified atom stereocenters. The van der Waals surface area contributed by atoms with E-state index in [-0.39, 0.29) is 28.1 Å². The van der Waals surface area contributed by atoms with Crippen molar-refractivity contribution in [1.29, 1.82) is 0 Å². The van der Waals surface area contributed by atoms with Crippen molar-refractivity contribution in [2.75, 3.05) is 13.2 Å². The lowest BCUT2D eigenvalue weighted by Crippen LogP contribution is -2.15. The summed E-state index contributed by atoms with van der Waals surface area (Å²) in [5, 5.41) is 10.5. The van der Waals surface area contributed by atoms with Crippen LogP contribution < -0.4 is 4.74 Å². The number of ether oxygens (including phenoxy) is 2. The fourth-order valence-corrected chi connectivity index (χ4v) is 1.88. The van der Waals surface area contributed by atoms with Gasteiger partial charge in [0.05, 0.1) is 21.6 Å². The van der Waals surface area contributed by atoms with Crippen molar-refractivity contribution in [2.45, 2.75) is 19.8 Å². The molecule has 110 valence electrons. The Hall–Kier alpha value is -1.53. The first-order valence-electron chi connectivity index (χ1n) is 5.87. The van der Waals surface area contributed by atoms with Gasteiger partial charge in [-0.15, -0.1) is 0 Å². The van der Waals surface area contributed by atoms with E-state index in [1.807, 2.05) is 6.92 Å². The average molecular weight is 322 g/mol. The summed E-state index contributed by atoms with van der Waals surface area (Å²) in [6.07, 6.45) is 1.68. The molecule has 0 aliphatic rings. The summed E-state index contributed by atoms with van der Waals surface area (Å²) in [7, 11) is 0. The third kappa shape index (κ3) is 4.86. The number of nitro benzene ring substituents is 1. The van der Waals surface area contributed by atoms with E-state index in [1.165, 1.54) is 0 Å². The summed E-state index contributed by atoms with van der Waals surface area (Å²) in [4.78, 5) is 21.3. The highest BCUT2D eigenvalue weighted by atomic mass is 35.5. The Morgan fingerprint density at radius 2 is 1.95 bits per heavy atom. The molecule has 0 amide bonds. The van der Waals surface area contributed by atoms with Gasteiger partial charge in [-0.3, -0.25) is 10.1 Å². The van der Waals surface area contributed by atoms with E-state index in [4.69, 9.17) is 32.7 Å². The smallest absolute Gasteiger partial charge is 0.344 e. The van der Waals surface area contributed by atoms with Crippen LogP contribution in [0.25, 0.3) is 0 Å². The predicted molar refractivity (Wildman–Crippen MR) is 74.5 cm³/mol. The van der Waals surface area contributed by atoms with Crippen LogP contribution in [0, 0.1) is 10.1 Å². The molecule has 0 aromatic heterocycles. The van der Waals surface area contributed by atoms with Gasteiger partial charge in [0, 0.05) is 12.1 Å². The van der Waals surface area contributed by atoms with Crippen LogP contribution in [0.2, 0.25) is 10.0 Å². The summed E-state index contributed by atoms with van der Waals surface area (Å²) in [5.41, 5.74) is -0.252. The molecule has 0 radical (unpaired) electrons. The molecule has 0 aliphatic heterocycles. The second-order valence-electron chi connectivity index (χ2n) is 3.86. The third-order valence-electron chi connectivity index (χ3n) is 2.29. The summed E-state index contributed by atoms with van der Waals surface area (Å²) < 4.78 is 10.0. The number of carbonyl (C=O) groups is 1. The zero-order chi connectivity index (χ0) is 15.1. The number of rotatable bonds is 7. The van der Waals surface area contributed by atoms with Crippen LogP contribution in [0.3, 0.4) is 0 Å². The number of non-ortho nitro benzene ring substituents is 1. The first kappa shape index (κ1) is 16.5. The predicted octanol–water partition coefficient (Wildman–Crippen LogP) is 3.62. The average Bonchev–Trinajstić information content (AvgIpc) is 2.37. The van der Waals surface area contributed by atoms with Crippen molar-refractivity contribution in [2.24, 2.45) is 0 Å². The maximum Gasteiger partial charge on any atom is 0.344 e. The Morgan fingerprint density at radius 1 is 1.35 bits per heavy atom. The molecule has 0 N–H and O–H groups in total. The van der Waals surface area contributed by atoms with Crippen molar-refractivity contribution in [3.63, 3.8) is 0 Å². The van der Waals surface area contributed by atoms with Crippen LogP contribution in [0.15, 0.2) is 12.1 Å². The number of nitrogens with zero attached hydrogens (tertiary/aromatic N) is 1. The van der Waals surface area contributed by atoms with Crippen LogP contribution in [0.4, 0.5) is 5.69 Å². The Labute approximate surface area is 125 Å². The number of unbranched alkanes of at least 4 members (excludes halogenated alkanes) is 1. The minimum Gasteiger partial charge on any atom is -0.479 e. The van der Waals surface area contributed by atoms with Crippen molar-refractivity contribution < 1.29 is 19.2 Å². The molecule has 0 saturated carbocycles. The van der Waals surface area contributed by atoms with E-state index in [0.717, 1.165) is 25.0 Å². The van der Waals surface area contributed by atoms with Crippen molar-refractivity contribution in [1.82, 2.24) is 0 Å². The van der Waals surface area contributed by atoms with Gasteiger partial charge < -0.3 is 9.47 Å². The lowest BCUT2D eigenvalue weighted by atomic mass is 10.3. The SMILES string of the molecule is CCCCOC(=O)COc1c(Cl)cc([N+](=O)[O-])cc1Cl. The van der Waals surface area contributed by atoms with Crippen LogP contribution >= 0.6 is 23.2 Å². The molecule has 1 rings (SSSR count). The summed E-state index contributed by atoms with van der Waals surface area (Å²) in [5.74, 6) is -0.532. The van der Waals surface area contributed by atoms with Crippen LogP contribution in [-0.2, 0) is 9.53 Å². The molecular weight excluding hydrogens is 309 g/mol. The molecule has 0 fully saturated rings. The minimum absolute atomic E-state index is 0.0198. The first-order valence-corrected chi connectivity index (χ1v) is 6.63. The normalized spacial score (nSPS) is 10.2. The molecule has 1 aromatic rings. The maximum atomic E-state index is 11.3. The van der Waals surface area contributed by atoms with Gasteiger partial charge in [0.15, 0.2) is 12.4 Å². The molecule has 0 heterocycles. The fraction of sp³-hybridized carbons (Fsp3) is 0.417. The van der Waals surface area contributed by atoms with Gasteiger partial charge in [0.2, 0.25) is 0 Å². The van der Waals surface area contributed by atoms with E-state index in [2.05, 4.69) is 0 Å². The monoisotopic (exact) mass is 321 g/mol. The van der Waals surface area contributed by atoms with Gasteiger partial charge in [-0.2, -0.15) is 0 Å². The molecule has 1 aromatic carbocycles. The molecule has 0 saturated heterocycles. The van der Waals surface area contributed by atoms with E-state index < -0.39 is 10.9 Å². The summed E-state index contributed by atoms with van der Waals surface area (Å²) >= 11 is 11.6. The number of hydrogen-bond acceptors (Lipinski definition) is 5. The van der Waals surface area contributed by atoms with E-state index in [9.17, 15) is 14.9 Å². The Morgan fingerprint density at radius 3 is 2.45 bits per heavy atom. The van der Waals surface area contributed by atoms with Gasteiger partial charge in [-0.1, -0.05) is 36.5 Å². The van der Waals surface area contributed by atoms with Crippen molar-refractivity contribution in [3.8, 4) is 5.75 Å². The highest BCUT2D eigenvalue weighted by molar-refractivity contribution is 6.37. The lowest BCUT2D eigenvalue weighted by molar-refractivity contribution is -0.384. The lowest BCUT2D eigenvalue weighted by Gasteiger charge is -2.09. The van der Waals surface area contributed by atoms with Gasteiger partial charge in [0.25, 0.3) is 5.69 Å². The first-order chi connectivity index (χ1) is 9.45. The summed E-state index contributed by atoms with van der Waals surface area (Å²) in [6, 6.07) is 2.20. The van der Waals surface area contributed by atoms with E-state index in [0.29, 0.717) is 6.61 Å².